The lowest BCUT2D eigenvalue weighted by molar-refractivity contribution is -0.125. The van der Waals surface area contributed by atoms with Gasteiger partial charge in [0.2, 0.25) is 12.2 Å². The van der Waals surface area contributed by atoms with Crippen molar-refractivity contribution >= 4 is 12.0 Å². The van der Waals surface area contributed by atoms with Crippen LogP contribution in [-0.4, -0.2) is 36.9 Å². The van der Waals surface area contributed by atoms with Gasteiger partial charge in [0.25, 0.3) is 6.43 Å². The lowest BCUT2D eigenvalue weighted by Crippen LogP contribution is -2.37. The van der Waals surface area contributed by atoms with E-state index in [2.05, 4.69) is 5.32 Å². The molecule has 0 aromatic rings. The van der Waals surface area contributed by atoms with E-state index in [0.717, 1.165) is 0 Å². The summed E-state index contributed by atoms with van der Waals surface area (Å²) in [6.45, 7) is 5.23. The maximum absolute atomic E-state index is 12.4. The zero-order chi connectivity index (χ0) is 15.1. The molecule has 1 unspecified atom stereocenters. The van der Waals surface area contributed by atoms with E-state index in [4.69, 9.17) is 4.74 Å². The van der Waals surface area contributed by atoms with Crippen LogP contribution in [0, 0.1) is 0 Å². The summed E-state index contributed by atoms with van der Waals surface area (Å²) in [4.78, 5) is 22.2. The van der Waals surface area contributed by atoms with Gasteiger partial charge in [-0.3, -0.25) is 4.79 Å². The summed E-state index contributed by atoms with van der Waals surface area (Å²) in [5.41, 5.74) is -0.625. The van der Waals surface area contributed by atoms with E-state index in [1.165, 1.54) is 5.32 Å². The Kier molecular flexibility index (Phi) is 7.25. The van der Waals surface area contributed by atoms with Crippen molar-refractivity contribution in [2.45, 2.75) is 51.9 Å². The molecule has 112 valence electrons. The van der Waals surface area contributed by atoms with Crippen LogP contribution < -0.4 is 10.6 Å². The van der Waals surface area contributed by atoms with Crippen molar-refractivity contribution in [2.75, 3.05) is 6.54 Å². The summed E-state index contributed by atoms with van der Waals surface area (Å²) in [5.74, 6) is -0.834. The van der Waals surface area contributed by atoms with E-state index in [1.54, 1.807) is 20.8 Å². The van der Waals surface area contributed by atoms with Gasteiger partial charge in [0.1, 0.15) is 5.60 Å². The van der Waals surface area contributed by atoms with Crippen LogP contribution in [0.2, 0.25) is 0 Å². The Morgan fingerprint density at radius 3 is 2.26 bits per heavy atom. The molecule has 0 heterocycles. The number of hydrogen-bond acceptors (Lipinski definition) is 3. The Morgan fingerprint density at radius 1 is 1.21 bits per heavy atom. The predicted octanol–water partition coefficient (Wildman–Crippen LogP) is 1.97. The molecule has 0 saturated heterocycles. The van der Waals surface area contributed by atoms with E-state index < -0.39 is 30.3 Å². The maximum Gasteiger partial charge on any atom is 0.407 e. The molecule has 2 amide bonds. The lowest BCUT2D eigenvalue weighted by Gasteiger charge is -2.19. The van der Waals surface area contributed by atoms with Crippen molar-refractivity contribution in [3.05, 3.63) is 0 Å². The molecule has 0 rings (SSSR count). The van der Waals surface area contributed by atoms with Crippen molar-refractivity contribution in [1.29, 1.82) is 0 Å². The van der Waals surface area contributed by atoms with Crippen LogP contribution >= 0.6 is 0 Å². The van der Waals surface area contributed by atoms with Gasteiger partial charge in [-0.2, -0.15) is 0 Å². The summed E-state index contributed by atoms with van der Waals surface area (Å²) in [7, 11) is 0. The van der Waals surface area contributed by atoms with Crippen molar-refractivity contribution in [2.24, 2.45) is 0 Å². The molecule has 0 saturated carbocycles. The highest BCUT2D eigenvalue weighted by Crippen LogP contribution is 2.06. The molecule has 0 aliphatic rings. The minimum atomic E-state index is -3.25. The fourth-order valence-electron chi connectivity index (χ4n) is 1.04. The predicted molar refractivity (Wildman–Crippen MR) is 62.5 cm³/mol. The van der Waals surface area contributed by atoms with E-state index in [-0.39, 0.29) is 19.4 Å². The highest BCUT2D eigenvalue weighted by molar-refractivity contribution is 5.76. The maximum atomic E-state index is 12.4. The molecule has 0 spiro atoms. The first kappa shape index (κ1) is 17.5. The number of alkyl halides is 3. The Labute approximate surface area is 109 Å². The highest BCUT2D eigenvalue weighted by Gasteiger charge is 2.21. The molecule has 8 heteroatoms. The van der Waals surface area contributed by atoms with Crippen LogP contribution in [0.25, 0.3) is 0 Å². The van der Waals surface area contributed by atoms with Gasteiger partial charge in [-0.1, -0.05) is 0 Å². The van der Waals surface area contributed by atoms with Crippen molar-refractivity contribution in [3.8, 4) is 0 Å². The minimum Gasteiger partial charge on any atom is -0.444 e. The fourth-order valence-corrected chi connectivity index (χ4v) is 1.04. The number of ether oxygens (including phenoxy) is 1. The molecule has 2 N–H and O–H groups in total. The van der Waals surface area contributed by atoms with Crippen LogP contribution in [0.1, 0.15) is 33.6 Å². The minimum absolute atomic E-state index is 0.133. The van der Waals surface area contributed by atoms with Gasteiger partial charge in [0, 0.05) is 13.0 Å². The molecule has 5 nitrogen and oxygen atoms in total. The van der Waals surface area contributed by atoms with E-state index in [0.29, 0.717) is 0 Å². The van der Waals surface area contributed by atoms with Gasteiger partial charge in [-0.05, 0) is 27.2 Å². The van der Waals surface area contributed by atoms with E-state index >= 15 is 0 Å². The van der Waals surface area contributed by atoms with Crippen molar-refractivity contribution in [1.82, 2.24) is 10.6 Å². The number of carbonyl (C=O) groups is 2. The van der Waals surface area contributed by atoms with E-state index in [1.807, 2.05) is 0 Å². The Hall–Kier alpha value is -1.47. The van der Waals surface area contributed by atoms with E-state index in [9.17, 15) is 22.8 Å². The number of hydrogen-bond donors (Lipinski definition) is 2. The molecule has 0 fully saturated rings. The Morgan fingerprint density at radius 2 is 1.79 bits per heavy atom. The molecule has 0 aliphatic carbocycles. The zero-order valence-electron chi connectivity index (χ0n) is 11.1. The third-order valence-corrected chi connectivity index (χ3v) is 1.77. The molecule has 0 radical (unpaired) electrons. The third kappa shape index (κ3) is 10.2. The van der Waals surface area contributed by atoms with Gasteiger partial charge in [-0.15, -0.1) is 0 Å². The molecule has 0 aliphatic heterocycles. The third-order valence-electron chi connectivity index (χ3n) is 1.77. The van der Waals surface area contributed by atoms with Crippen LogP contribution in [-0.2, 0) is 9.53 Å². The largest absolute Gasteiger partial charge is 0.444 e. The molecule has 0 aromatic carbocycles. The first-order valence-corrected chi connectivity index (χ1v) is 5.80. The van der Waals surface area contributed by atoms with Crippen LogP contribution in [0.4, 0.5) is 18.0 Å². The SMILES string of the molecule is CC(C)(C)OC(=O)NCCCC(=O)NC(F)C(F)F. The molecule has 0 bridgehead atoms. The average Bonchev–Trinajstić information content (AvgIpc) is 2.21. The fraction of sp³-hybridized carbons (Fsp3) is 0.818. The quantitative estimate of drug-likeness (QED) is 0.579. The lowest BCUT2D eigenvalue weighted by atomic mass is 10.2. The number of amides is 2. The van der Waals surface area contributed by atoms with Crippen LogP contribution in [0.15, 0.2) is 0 Å². The molecule has 19 heavy (non-hydrogen) atoms. The molecular formula is C11H19F3N2O3. The number of halogens is 3. The van der Waals surface area contributed by atoms with Crippen LogP contribution in [0.3, 0.4) is 0 Å². The summed E-state index contributed by atoms with van der Waals surface area (Å²) in [6, 6.07) is 0. The van der Waals surface area contributed by atoms with Gasteiger partial charge < -0.3 is 15.4 Å². The monoisotopic (exact) mass is 284 g/mol. The Bertz CT molecular complexity index is 306. The molecule has 0 aromatic heterocycles. The van der Waals surface area contributed by atoms with Gasteiger partial charge in [0.05, 0.1) is 0 Å². The van der Waals surface area contributed by atoms with Gasteiger partial charge >= 0.3 is 6.09 Å². The second kappa shape index (κ2) is 7.85. The molecular weight excluding hydrogens is 265 g/mol. The topological polar surface area (TPSA) is 67.4 Å². The van der Waals surface area contributed by atoms with Crippen molar-refractivity contribution < 1.29 is 27.5 Å². The summed E-state index contributed by atoms with van der Waals surface area (Å²) in [6.07, 6.45) is -6.51. The molecule has 1 atom stereocenters. The van der Waals surface area contributed by atoms with Crippen molar-refractivity contribution in [3.63, 3.8) is 0 Å². The summed E-state index contributed by atoms with van der Waals surface area (Å²) >= 11 is 0. The average molecular weight is 284 g/mol. The Balaban J connectivity index is 3.70. The highest BCUT2D eigenvalue weighted by atomic mass is 19.3. The first-order valence-electron chi connectivity index (χ1n) is 5.80. The second-order valence-electron chi connectivity index (χ2n) is 4.84. The summed E-state index contributed by atoms with van der Waals surface area (Å²) in [5, 5.41) is 3.89. The zero-order valence-corrected chi connectivity index (χ0v) is 11.1. The van der Waals surface area contributed by atoms with Crippen LogP contribution in [0.5, 0.6) is 0 Å². The number of carbonyl (C=O) groups excluding carboxylic acids is 2. The normalized spacial score (nSPS) is 13.0. The summed E-state index contributed by atoms with van der Waals surface area (Å²) < 4.78 is 40.9. The number of rotatable bonds is 6. The number of alkyl carbamates (subject to hydrolysis) is 1. The second-order valence-corrected chi connectivity index (χ2v) is 4.84. The standard InChI is InChI=1S/C11H19F3N2O3/c1-11(2,3)19-10(18)15-6-4-5-7(17)16-9(14)8(12)13/h8-9H,4-6H2,1-3H3,(H,15,18)(H,16,17). The van der Waals surface area contributed by atoms with Gasteiger partial charge in [-0.25, -0.2) is 18.0 Å². The smallest absolute Gasteiger partial charge is 0.407 e. The number of nitrogens with one attached hydrogen (secondary N) is 2. The van der Waals surface area contributed by atoms with Gasteiger partial charge in [0.15, 0.2) is 0 Å². The first-order chi connectivity index (χ1) is 8.61.